The lowest BCUT2D eigenvalue weighted by Crippen LogP contribution is -2.30. The summed E-state index contributed by atoms with van der Waals surface area (Å²) in [6.07, 6.45) is 0.463. The Labute approximate surface area is 136 Å². The van der Waals surface area contributed by atoms with Gasteiger partial charge in [-0.25, -0.2) is 8.42 Å². The summed E-state index contributed by atoms with van der Waals surface area (Å²) in [5.41, 5.74) is 1.56. The third kappa shape index (κ3) is 4.82. The monoisotopic (exact) mass is 333 g/mol. The fourth-order valence-corrected chi connectivity index (χ4v) is 2.61. The molecule has 0 aliphatic carbocycles. The van der Waals surface area contributed by atoms with Crippen molar-refractivity contribution in [2.75, 3.05) is 11.6 Å². The zero-order chi connectivity index (χ0) is 17.0. The molecule has 0 saturated heterocycles. The van der Waals surface area contributed by atoms with E-state index in [0.29, 0.717) is 11.4 Å². The molecule has 0 unspecified atom stereocenters. The quantitative estimate of drug-likeness (QED) is 0.913. The minimum absolute atomic E-state index is 0.208. The van der Waals surface area contributed by atoms with E-state index in [0.717, 1.165) is 11.8 Å². The van der Waals surface area contributed by atoms with Crippen LogP contribution in [0.15, 0.2) is 53.4 Å². The van der Waals surface area contributed by atoms with E-state index < -0.39 is 15.9 Å². The molecule has 0 fully saturated rings. The molecule has 0 aromatic heterocycles. The highest BCUT2D eigenvalue weighted by atomic mass is 32.2. The molecule has 23 heavy (non-hydrogen) atoms. The Morgan fingerprint density at radius 3 is 2.35 bits per heavy atom. The van der Waals surface area contributed by atoms with Crippen molar-refractivity contribution in [3.8, 4) is 5.75 Å². The summed E-state index contributed by atoms with van der Waals surface area (Å²) >= 11 is 0. The predicted octanol–water partition coefficient (Wildman–Crippen LogP) is 2.80. The summed E-state index contributed by atoms with van der Waals surface area (Å²) in [5, 5.41) is 2.70. The van der Waals surface area contributed by atoms with Crippen LogP contribution in [-0.2, 0) is 14.6 Å². The number of carbonyl (C=O) groups is 1. The molecule has 6 heteroatoms. The van der Waals surface area contributed by atoms with Crippen LogP contribution in [0.4, 0.5) is 5.69 Å². The fraction of sp³-hybridized carbons (Fsp3) is 0.235. The van der Waals surface area contributed by atoms with E-state index in [9.17, 15) is 13.2 Å². The maximum Gasteiger partial charge on any atom is 0.265 e. The van der Waals surface area contributed by atoms with Gasteiger partial charge in [0.25, 0.3) is 5.91 Å². The first-order valence-electron chi connectivity index (χ1n) is 7.10. The number of ether oxygens (including phenoxy) is 1. The molecule has 0 aliphatic rings. The molecule has 1 N–H and O–H groups in total. The van der Waals surface area contributed by atoms with E-state index in [2.05, 4.69) is 5.32 Å². The van der Waals surface area contributed by atoms with Crippen LogP contribution in [0.2, 0.25) is 0 Å². The van der Waals surface area contributed by atoms with E-state index in [1.807, 2.05) is 25.1 Å². The van der Waals surface area contributed by atoms with Gasteiger partial charge in [0.15, 0.2) is 15.9 Å². The fourth-order valence-electron chi connectivity index (χ4n) is 1.98. The Morgan fingerprint density at radius 2 is 1.78 bits per heavy atom. The van der Waals surface area contributed by atoms with Crippen LogP contribution in [0, 0.1) is 6.92 Å². The predicted molar refractivity (Wildman–Crippen MR) is 89.5 cm³/mol. The Morgan fingerprint density at radius 1 is 1.13 bits per heavy atom. The van der Waals surface area contributed by atoms with Crippen LogP contribution < -0.4 is 10.1 Å². The SMILES string of the molecule is Cc1cccc(O[C@@H](C)C(=O)Nc2ccc(S(C)(=O)=O)cc2)c1. The van der Waals surface area contributed by atoms with Gasteiger partial charge in [0, 0.05) is 11.9 Å². The number of hydrogen-bond donors (Lipinski definition) is 1. The van der Waals surface area contributed by atoms with Crippen LogP contribution >= 0.6 is 0 Å². The summed E-state index contributed by atoms with van der Waals surface area (Å²) in [6, 6.07) is 13.5. The maximum absolute atomic E-state index is 12.1. The third-order valence-electron chi connectivity index (χ3n) is 3.22. The first kappa shape index (κ1) is 17.0. The van der Waals surface area contributed by atoms with Gasteiger partial charge in [0.1, 0.15) is 5.75 Å². The summed E-state index contributed by atoms with van der Waals surface area (Å²) in [5.74, 6) is 0.318. The summed E-state index contributed by atoms with van der Waals surface area (Å²) in [4.78, 5) is 12.3. The third-order valence-corrected chi connectivity index (χ3v) is 4.35. The Kier molecular flexibility index (Phi) is 5.05. The van der Waals surface area contributed by atoms with E-state index in [-0.39, 0.29) is 10.8 Å². The minimum Gasteiger partial charge on any atom is -0.481 e. The molecular weight excluding hydrogens is 314 g/mol. The lowest BCUT2D eigenvalue weighted by atomic mass is 10.2. The van der Waals surface area contributed by atoms with E-state index in [1.165, 1.54) is 12.1 Å². The molecule has 5 nitrogen and oxygen atoms in total. The first-order valence-corrected chi connectivity index (χ1v) is 8.99. The normalized spacial score (nSPS) is 12.5. The molecule has 0 heterocycles. The van der Waals surface area contributed by atoms with E-state index in [4.69, 9.17) is 4.74 Å². The van der Waals surface area contributed by atoms with Crippen LogP contribution in [0.5, 0.6) is 5.75 Å². The number of sulfone groups is 1. The van der Waals surface area contributed by atoms with Gasteiger partial charge in [-0.05, 0) is 55.8 Å². The zero-order valence-electron chi connectivity index (χ0n) is 13.2. The number of anilines is 1. The molecule has 0 aliphatic heterocycles. The number of nitrogens with one attached hydrogen (secondary N) is 1. The standard InChI is InChI=1S/C17H19NO4S/c1-12-5-4-6-15(11-12)22-13(2)17(19)18-14-7-9-16(10-8-14)23(3,20)21/h4-11,13H,1-3H3,(H,18,19)/t13-/m0/s1. The van der Waals surface area contributed by atoms with Crippen LogP contribution in [-0.4, -0.2) is 26.7 Å². The van der Waals surface area contributed by atoms with E-state index >= 15 is 0 Å². The number of hydrogen-bond acceptors (Lipinski definition) is 4. The van der Waals surface area contributed by atoms with E-state index in [1.54, 1.807) is 25.1 Å². The van der Waals surface area contributed by atoms with Gasteiger partial charge >= 0.3 is 0 Å². The Bertz CT molecular complexity index is 798. The smallest absolute Gasteiger partial charge is 0.265 e. The number of benzene rings is 2. The number of amides is 1. The van der Waals surface area contributed by atoms with Gasteiger partial charge in [-0.1, -0.05) is 12.1 Å². The highest BCUT2D eigenvalue weighted by Gasteiger charge is 2.15. The largest absolute Gasteiger partial charge is 0.481 e. The van der Waals surface area contributed by atoms with Gasteiger partial charge < -0.3 is 10.1 Å². The molecule has 0 bridgehead atoms. The Hall–Kier alpha value is -2.34. The topological polar surface area (TPSA) is 72.5 Å². The van der Waals surface area contributed by atoms with Gasteiger partial charge in [0.2, 0.25) is 0 Å². The van der Waals surface area contributed by atoms with Crippen LogP contribution in [0.3, 0.4) is 0 Å². The maximum atomic E-state index is 12.1. The minimum atomic E-state index is -3.25. The van der Waals surface area contributed by atoms with Gasteiger partial charge in [-0.15, -0.1) is 0 Å². The number of rotatable bonds is 5. The molecule has 2 aromatic rings. The van der Waals surface area contributed by atoms with Gasteiger partial charge in [-0.2, -0.15) is 0 Å². The number of aryl methyl sites for hydroxylation is 1. The van der Waals surface area contributed by atoms with Crippen molar-refractivity contribution in [1.82, 2.24) is 0 Å². The molecule has 0 saturated carbocycles. The van der Waals surface area contributed by atoms with Crippen molar-refractivity contribution in [3.05, 3.63) is 54.1 Å². The van der Waals surface area contributed by atoms with Gasteiger partial charge in [-0.3, -0.25) is 4.79 Å². The van der Waals surface area contributed by atoms with Crippen molar-refractivity contribution < 1.29 is 17.9 Å². The second-order valence-corrected chi connectivity index (χ2v) is 7.38. The van der Waals surface area contributed by atoms with Crippen molar-refractivity contribution in [1.29, 1.82) is 0 Å². The highest BCUT2D eigenvalue weighted by molar-refractivity contribution is 7.90. The van der Waals surface area contributed by atoms with Crippen LogP contribution in [0.25, 0.3) is 0 Å². The zero-order valence-corrected chi connectivity index (χ0v) is 14.1. The summed E-state index contributed by atoms with van der Waals surface area (Å²) < 4.78 is 28.4. The molecule has 2 rings (SSSR count). The van der Waals surface area contributed by atoms with Crippen molar-refractivity contribution in [2.24, 2.45) is 0 Å². The van der Waals surface area contributed by atoms with Gasteiger partial charge in [0.05, 0.1) is 4.90 Å². The summed E-state index contributed by atoms with van der Waals surface area (Å²) in [7, 11) is -3.25. The molecule has 1 amide bonds. The first-order chi connectivity index (χ1) is 10.8. The lowest BCUT2D eigenvalue weighted by Gasteiger charge is -2.15. The Balaban J connectivity index is 2.01. The molecule has 0 radical (unpaired) electrons. The molecule has 2 aromatic carbocycles. The molecule has 0 spiro atoms. The highest BCUT2D eigenvalue weighted by Crippen LogP contribution is 2.16. The molecular formula is C17H19NO4S. The lowest BCUT2D eigenvalue weighted by molar-refractivity contribution is -0.122. The average molecular weight is 333 g/mol. The second-order valence-electron chi connectivity index (χ2n) is 5.36. The summed E-state index contributed by atoms with van der Waals surface area (Å²) in [6.45, 7) is 3.60. The number of carbonyl (C=O) groups excluding carboxylic acids is 1. The molecule has 122 valence electrons. The molecule has 1 atom stereocenters. The average Bonchev–Trinajstić information content (AvgIpc) is 2.46. The van der Waals surface area contributed by atoms with Crippen molar-refractivity contribution in [2.45, 2.75) is 24.8 Å². The van der Waals surface area contributed by atoms with Crippen molar-refractivity contribution >= 4 is 21.4 Å². The van der Waals surface area contributed by atoms with Crippen molar-refractivity contribution in [3.63, 3.8) is 0 Å². The van der Waals surface area contributed by atoms with Crippen LogP contribution in [0.1, 0.15) is 12.5 Å². The second kappa shape index (κ2) is 6.83.